The predicted octanol–water partition coefficient (Wildman–Crippen LogP) is 3.55. The Morgan fingerprint density at radius 2 is 2.03 bits per heavy atom. The van der Waals surface area contributed by atoms with Crippen molar-refractivity contribution in [2.45, 2.75) is 37.9 Å². The third-order valence-corrected chi connectivity index (χ3v) is 6.04. The molecular formula is C23H25N5O2S. The summed E-state index contributed by atoms with van der Waals surface area (Å²) in [7, 11) is -1.19. The number of hydrogen-bond acceptors (Lipinski definition) is 6. The molecule has 3 heterocycles. The van der Waals surface area contributed by atoms with Crippen LogP contribution in [0.1, 0.15) is 46.9 Å². The molecule has 7 nitrogen and oxygen atoms in total. The van der Waals surface area contributed by atoms with Gasteiger partial charge in [0.25, 0.3) is 5.91 Å². The second-order valence-electron chi connectivity index (χ2n) is 7.92. The van der Waals surface area contributed by atoms with Gasteiger partial charge >= 0.3 is 0 Å². The Balaban J connectivity index is 1.50. The summed E-state index contributed by atoms with van der Waals surface area (Å²) in [5, 5.41) is 3.34. The summed E-state index contributed by atoms with van der Waals surface area (Å²) in [5.74, 6) is 0.201. The number of nitrogens with one attached hydrogen (secondary N) is 1. The number of anilines is 2. The van der Waals surface area contributed by atoms with Crippen LogP contribution in [-0.4, -0.2) is 37.9 Å². The van der Waals surface area contributed by atoms with E-state index in [4.69, 9.17) is 0 Å². The number of pyridine rings is 1. The fourth-order valence-electron chi connectivity index (χ4n) is 3.56. The summed E-state index contributed by atoms with van der Waals surface area (Å²) in [4.78, 5) is 27.9. The topological polar surface area (TPSA) is 88.1 Å². The van der Waals surface area contributed by atoms with Crippen LogP contribution < -0.4 is 10.2 Å². The van der Waals surface area contributed by atoms with Gasteiger partial charge in [-0.1, -0.05) is 26.0 Å². The summed E-state index contributed by atoms with van der Waals surface area (Å²) < 4.78 is 11.6. The van der Waals surface area contributed by atoms with Crippen molar-refractivity contribution < 1.29 is 9.00 Å². The van der Waals surface area contributed by atoms with Crippen molar-refractivity contribution in [1.82, 2.24) is 15.0 Å². The number of hydrogen-bond donors (Lipinski definition) is 1. The minimum atomic E-state index is -1.19. The average molecular weight is 436 g/mol. The summed E-state index contributed by atoms with van der Waals surface area (Å²) in [6.07, 6.45) is 7.39. The van der Waals surface area contributed by atoms with Gasteiger partial charge in [0.05, 0.1) is 33.9 Å². The van der Waals surface area contributed by atoms with Crippen LogP contribution in [-0.2, 0) is 23.8 Å². The lowest BCUT2D eigenvalue weighted by molar-refractivity contribution is 0.102. The first-order valence-electron chi connectivity index (χ1n) is 10.2. The highest BCUT2D eigenvalue weighted by Gasteiger charge is 2.20. The van der Waals surface area contributed by atoms with Crippen molar-refractivity contribution in [2.24, 2.45) is 0 Å². The highest BCUT2D eigenvalue weighted by molar-refractivity contribution is 7.84. The first kappa shape index (κ1) is 21.1. The van der Waals surface area contributed by atoms with Crippen molar-refractivity contribution >= 4 is 28.1 Å². The van der Waals surface area contributed by atoms with Crippen molar-refractivity contribution in [3.05, 3.63) is 71.3 Å². The number of amides is 1. The zero-order chi connectivity index (χ0) is 22.0. The molecule has 4 rings (SSSR count). The minimum absolute atomic E-state index is 0.189. The molecular weight excluding hydrogens is 410 g/mol. The molecule has 1 aromatic carbocycles. The van der Waals surface area contributed by atoms with E-state index < -0.39 is 10.8 Å². The van der Waals surface area contributed by atoms with Gasteiger partial charge in [-0.05, 0) is 29.7 Å². The molecule has 1 aliphatic heterocycles. The van der Waals surface area contributed by atoms with Crippen LogP contribution in [0.25, 0.3) is 0 Å². The molecule has 0 fully saturated rings. The van der Waals surface area contributed by atoms with Crippen LogP contribution >= 0.6 is 0 Å². The second-order valence-corrected chi connectivity index (χ2v) is 9.19. The molecule has 0 saturated heterocycles. The Bertz CT molecular complexity index is 1150. The fraction of sp³-hybridized carbons (Fsp3) is 0.304. The van der Waals surface area contributed by atoms with Gasteiger partial charge in [-0.15, -0.1) is 0 Å². The maximum atomic E-state index is 12.8. The maximum absolute atomic E-state index is 12.8. The van der Waals surface area contributed by atoms with Crippen LogP contribution in [0.4, 0.5) is 11.4 Å². The van der Waals surface area contributed by atoms with E-state index in [0.29, 0.717) is 23.2 Å². The number of carbonyl (C=O) groups is 1. The van der Waals surface area contributed by atoms with Crippen molar-refractivity contribution in [3.8, 4) is 0 Å². The smallest absolute Gasteiger partial charge is 0.257 e. The Labute approximate surface area is 184 Å². The van der Waals surface area contributed by atoms with Crippen LogP contribution in [0, 0.1) is 0 Å². The van der Waals surface area contributed by atoms with E-state index in [0.717, 1.165) is 35.6 Å². The molecule has 1 aliphatic rings. The van der Waals surface area contributed by atoms with E-state index in [1.54, 1.807) is 24.8 Å². The SMILES string of the molecule is CC(C)c1cccc(NC(=O)c2cncc(N3CCc4nc(S(C)=O)ncc4C3)c2)c1. The van der Waals surface area contributed by atoms with Gasteiger partial charge in [-0.2, -0.15) is 0 Å². The molecule has 0 saturated carbocycles. The van der Waals surface area contributed by atoms with E-state index in [1.165, 1.54) is 5.56 Å². The normalized spacial score (nSPS) is 14.3. The van der Waals surface area contributed by atoms with Gasteiger partial charge in [0, 0.05) is 49.4 Å². The van der Waals surface area contributed by atoms with Crippen molar-refractivity contribution in [1.29, 1.82) is 0 Å². The van der Waals surface area contributed by atoms with Gasteiger partial charge in [0.15, 0.2) is 0 Å². The van der Waals surface area contributed by atoms with Gasteiger partial charge < -0.3 is 10.2 Å². The summed E-state index contributed by atoms with van der Waals surface area (Å²) in [6.45, 7) is 5.61. The molecule has 0 aliphatic carbocycles. The predicted molar refractivity (Wildman–Crippen MR) is 122 cm³/mol. The van der Waals surface area contributed by atoms with Crippen LogP contribution in [0.2, 0.25) is 0 Å². The summed E-state index contributed by atoms with van der Waals surface area (Å²) in [6, 6.07) is 9.75. The van der Waals surface area contributed by atoms with E-state index in [1.807, 2.05) is 24.3 Å². The zero-order valence-electron chi connectivity index (χ0n) is 17.8. The van der Waals surface area contributed by atoms with Crippen LogP contribution in [0.15, 0.2) is 54.1 Å². The van der Waals surface area contributed by atoms with E-state index in [-0.39, 0.29) is 5.91 Å². The number of aromatic nitrogens is 3. The third kappa shape index (κ3) is 4.80. The lowest BCUT2D eigenvalue weighted by Gasteiger charge is -2.29. The number of carbonyl (C=O) groups excluding carboxylic acids is 1. The maximum Gasteiger partial charge on any atom is 0.257 e. The van der Waals surface area contributed by atoms with Crippen molar-refractivity contribution in [2.75, 3.05) is 23.0 Å². The highest BCUT2D eigenvalue weighted by Crippen LogP contribution is 2.24. The molecule has 2 aromatic heterocycles. The Kier molecular flexibility index (Phi) is 6.08. The molecule has 1 N–H and O–H groups in total. The lowest BCUT2D eigenvalue weighted by atomic mass is 10.0. The molecule has 0 bridgehead atoms. The molecule has 0 spiro atoms. The van der Waals surface area contributed by atoms with E-state index >= 15 is 0 Å². The molecule has 1 atom stereocenters. The zero-order valence-corrected chi connectivity index (χ0v) is 18.6. The molecule has 3 aromatic rings. The highest BCUT2D eigenvalue weighted by atomic mass is 32.2. The molecule has 8 heteroatoms. The van der Waals surface area contributed by atoms with E-state index in [9.17, 15) is 9.00 Å². The summed E-state index contributed by atoms with van der Waals surface area (Å²) >= 11 is 0. The van der Waals surface area contributed by atoms with Gasteiger partial charge in [-0.25, -0.2) is 9.97 Å². The first-order chi connectivity index (χ1) is 14.9. The quantitative estimate of drug-likeness (QED) is 0.617. The molecule has 160 valence electrons. The largest absolute Gasteiger partial charge is 0.365 e. The van der Waals surface area contributed by atoms with Crippen LogP contribution in [0.5, 0.6) is 0 Å². The van der Waals surface area contributed by atoms with Gasteiger partial charge in [0.1, 0.15) is 0 Å². The third-order valence-electron chi connectivity index (χ3n) is 5.33. The standard InChI is InChI=1S/C23H25N5O2S/c1-15(2)16-5-4-6-19(9-16)26-22(29)17-10-20(13-24-11-17)28-8-7-21-18(14-28)12-25-23(27-21)31(3)30/h4-6,9-13,15H,7-8,14H2,1-3H3,(H,26,29). The Morgan fingerprint density at radius 3 is 2.81 bits per heavy atom. The first-order valence-corrected chi connectivity index (χ1v) is 11.8. The number of rotatable bonds is 5. The molecule has 1 unspecified atom stereocenters. The minimum Gasteiger partial charge on any atom is -0.365 e. The fourth-order valence-corrected chi connectivity index (χ4v) is 4.00. The van der Waals surface area contributed by atoms with Crippen LogP contribution in [0.3, 0.4) is 0 Å². The molecule has 0 radical (unpaired) electrons. The Hall–Kier alpha value is -3.13. The Morgan fingerprint density at radius 1 is 1.19 bits per heavy atom. The molecule has 1 amide bonds. The lowest BCUT2D eigenvalue weighted by Crippen LogP contribution is -2.31. The number of benzene rings is 1. The van der Waals surface area contributed by atoms with E-state index in [2.05, 4.69) is 45.1 Å². The van der Waals surface area contributed by atoms with Gasteiger partial charge in [0.2, 0.25) is 5.16 Å². The number of fused-ring (bicyclic) bond motifs is 1. The van der Waals surface area contributed by atoms with Gasteiger partial charge in [-0.3, -0.25) is 14.0 Å². The van der Waals surface area contributed by atoms with Crippen molar-refractivity contribution in [3.63, 3.8) is 0 Å². The molecule has 31 heavy (non-hydrogen) atoms. The average Bonchev–Trinajstić information content (AvgIpc) is 2.78. The monoisotopic (exact) mass is 435 g/mol. The summed E-state index contributed by atoms with van der Waals surface area (Å²) in [5.41, 5.74) is 5.26. The number of nitrogens with zero attached hydrogens (tertiary/aromatic N) is 4. The second kappa shape index (κ2) is 8.93.